The number of rotatable bonds is 3. The number of nitrogens with zero attached hydrogens (tertiary/aromatic N) is 2. The highest BCUT2D eigenvalue weighted by atomic mass is 127. The molecule has 0 N–H and O–H groups in total. The van der Waals surface area contributed by atoms with Gasteiger partial charge in [0, 0.05) is 9.86 Å². The maximum Gasteiger partial charge on any atom is 0.131 e. The van der Waals surface area contributed by atoms with E-state index in [0.29, 0.717) is 0 Å². The van der Waals surface area contributed by atoms with E-state index in [1.807, 2.05) is 28.9 Å². The average Bonchev–Trinajstić information content (AvgIpc) is 2.78. The van der Waals surface area contributed by atoms with E-state index >= 15 is 0 Å². The summed E-state index contributed by atoms with van der Waals surface area (Å²) in [5.74, 6) is 0.870. The van der Waals surface area contributed by atoms with Gasteiger partial charge in [-0.1, -0.05) is 24.3 Å². The Morgan fingerprint density at radius 3 is 2.65 bits per heavy atom. The second kappa shape index (κ2) is 5.73. The average molecular weight is 443 g/mol. The molecule has 0 aliphatic heterocycles. The monoisotopic (exact) mass is 442 g/mol. The van der Waals surface area contributed by atoms with Crippen molar-refractivity contribution in [1.29, 1.82) is 0 Å². The second-order valence-corrected chi connectivity index (χ2v) is 6.31. The van der Waals surface area contributed by atoms with Crippen molar-refractivity contribution in [3.8, 4) is 5.75 Å². The highest BCUT2D eigenvalue weighted by Gasteiger charge is 2.11. The van der Waals surface area contributed by atoms with Crippen LogP contribution in [0.5, 0.6) is 5.75 Å². The first-order valence-electron chi connectivity index (χ1n) is 6.12. The minimum Gasteiger partial charge on any atom is -0.497 e. The lowest BCUT2D eigenvalue weighted by Crippen LogP contribution is -2.02. The largest absolute Gasteiger partial charge is 0.497 e. The molecule has 3 aromatic rings. The normalized spacial score (nSPS) is 10.9. The van der Waals surface area contributed by atoms with Crippen molar-refractivity contribution < 1.29 is 4.74 Å². The minimum absolute atomic E-state index is 0.742. The molecular formula is C15H12BrIN2O. The van der Waals surface area contributed by atoms with Crippen LogP contribution in [0.1, 0.15) is 5.56 Å². The first-order valence-corrected chi connectivity index (χ1v) is 7.99. The molecule has 0 spiro atoms. The molecule has 3 rings (SSSR count). The number of methoxy groups -OCH3 is 1. The van der Waals surface area contributed by atoms with Gasteiger partial charge in [0.1, 0.15) is 9.45 Å². The van der Waals surface area contributed by atoms with Gasteiger partial charge in [0.15, 0.2) is 0 Å². The van der Waals surface area contributed by atoms with Gasteiger partial charge in [0.05, 0.1) is 19.2 Å². The van der Waals surface area contributed by atoms with Crippen molar-refractivity contribution in [2.45, 2.75) is 6.54 Å². The Morgan fingerprint density at radius 2 is 1.95 bits per heavy atom. The van der Waals surface area contributed by atoms with Crippen molar-refractivity contribution in [3.63, 3.8) is 0 Å². The molecule has 0 bridgehead atoms. The lowest BCUT2D eigenvalue weighted by Gasteiger charge is -2.06. The Morgan fingerprint density at radius 1 is 1.20 bits per heavy atom. The number of halogens is 2. The molecule has 102 valence electrons. The van der Waals surface area contributed by atoms with E-state index in [2.05, 4.69) is 61.8 Å². The molecule has 0 unspecified atom stereocenters. The number of benzene rings is 2. The van der Waals surface area contributed by atoms with Gasteiger partial charge in [-0.15, -0.1) is 0 Å². The predicted molar refractivity (Wildman–Crippen MR) is 92.2 cm³/mol. The standard InChI is InChI=1S/C15H12BrIN2O/c1-20-11-7-5-10(6-8-11)9-19-14-12(15(17)18-19)3-2-4-13(14)16/h2-8H,9H2,1H3. The van der Waals surface area contributed by atoms with Gasteiger partial charge in [0.25, 0.3) is 0 Å². The van der Waals surface area contributed by atoms with E-state index in [-0.39, 0.29) is 0 Å². The fraction of sp³-hybridized carbons (Fsp3) is 0.133. The number of para-hydroxylation sites is 1. The van der Waals surface area contributed by atoms with E-state index < -0.39 is 0 Å². The Kier molecular flexibility index (Phi) is 3.98. The maximum atomic E-state index is 5.18. The third-order valence-electron chi connectivity index (χ3n) is 3.17. The van der Waals surface area contributed by atoms with Crippen LogP contribution in [0.2, 0.25) is 0 Å². The van der Waals surface area contributed by atoms with E-state index in [4.69, 9.17) is 4.74 Å². The summed E-state index contributed by atoms with van der Waals surface area (Å²) in [5, 5.41) is 5.81. The summed E-state index contributed by atoms with van der Waals surface area (Å²) in [6.45, 7) is 0.742. The summed E-state index contributed by atoms with van der Waals surface area (Å²) < 4.78 is 9.30. The van der Waals surface area contributed by atoms with E-state index in [0.717, 1.165) is 26.0 Å². The number of hydrogen-bond donors (Lipinski definition) is 0. The van der Waals surface area contributed by atoms with Crippen LogP contribution in [-0.4, -0.2) is 16.9 Å². The summed E-state index contributed by atoms with van der Waals surface area (Å²) in [7, 11) is 1.68. The zero-order chi connectivity index (χ0) is 14.1. The van der Waals surface area contributed by atoms with Gasteiger partial charge in [-0.05, 0) is 62.3 Å². The van der Waals surface area contributed by atoms with Crippen LogP contribution in [0.4, 0.5) is 0 Å². The summed E-state index contributed by atoms with van der Waals surface area (Å²) in [4.78, 5) is 0. The summed E-state index contributed by atoms with van der Waals surface area (Å²) in [6.07, 6.45) is 0. The Bertz CT molecular complexity index is 752. The van der Waals surface area contributed by atoms with Gasteiger partial charge in [0.2, 0.25) is 0 Å². The van der Waals surface area contributed by atoms with E-state index in [1.54, 1.807) is 7.11 Å². The van der Waals surface area contributed by atoms with Crippen LogP contribution in [0.3, 0.4) is 0 Å². The molecule has 0 aliphatic rings. The van der Waals surface area contributed by atoms with Gasteiger partial charge < -0.3 is 4.74 Å². The SMILES string of the molecule is COc1ccc(Cn2nc(I)c3cccc(Br)c32)cc1. The summed E-state index contributed by atoms with van der Waals surface area (Å²) in [5.41, 5.74) is 2.33. The van der Waals surface area contributed by atoms with Crippen molar-refractivity contribution >= 4 is 49.4 Å². The molecule has 1 heterocycles. The van der Waals surface area contributed by atoms with Gasteiger partial charge in [-0.3, -0.25) is 4.68 Å². The number of ether oxygens (including phenoxy) is 1. The lowest BCUT2D eigenvalue weighted by atomic mass is 10.2. The van der Waals surface area contributed by atoms with Crippen molar-refractivity contribution in [2.75, 3.05) is 7.11 Å². The second-order valence-electron chi connectivity index (χ2n) is 4.43. The molecule has 0 atom stereocenters. The van der Waals surface area contributed by atoms with Crippen LogP contribution in [0.15, 0.2) is 46.9 Å². The van der Waals surface area contributed by atoms with E-state index in [9.17, 15) is 0 Å². The van der Waals surface area contributed by atoms with Crippen LogP contribution < -0.4 is 4.74 Å². The molecule has 5 heteroatoms. The number of hydrogen-bond acceptors (Lipinski definition) is 2. The molecule has 20 heavy (non-hydrogen) atoms. The fourth-order valence-electron chi connectivity index (χ4n) is 2.17. The predicted octanol–water partition coefficient (Wildman–Crippen LogP) is 4.46. The maximum absolute atomic E-state index is 5.18. The van der Waals surface area contributed by atoms with Crippen LogP contribution in [-0.2, 0) is 6.54 Å². The summed E-state index contributed by atoms with van der Waals surface area (Å²) in [6, 6.07) is 14.3. The molecule has 0 aliphatic carbocycles. The van der Waals surface area contributed by atoms with Crippen molar-refractivity contribution in [2.24, 2.45) is 0 Å². The Labute approximate surface area is 139 Å². The highest BCUT2D eigenvalue weighted by Crippen LogP contribution is 2.28. The van der Waals surface area contributed by atoms with Crippen LogP contribution in [0, 0.1) is 3.70 Å². The third kappa shape index (κ3) is 2.56. The van der Waals surface area contributed by atoms with E-state index in [1.165, 1.54) is 10.9 Å². The molecule has 0 radical (unpaired) electrons. The molecule has 3 nitrogen and oxygen atoms in total. The molecule has 2 aromatic carbocycles. The molecule has 0 amide bonds. The Hall–Kier alpha value is -1.08. The zero-order valence-corrected chi connectivity index (χ0v) is 14.6. The first kappa shape index (κ1) is 13.9. The van der Waals surface area contributed by atoms with Gasteiger partial charge >= 0.3 is 0 Å². The lowest BCUT2D eigenvalue weighted by molar-refractivity contribution is 0.414. The highest BCUT2D eigenvalue weighted by molar-refractivity contribution is 14.1. The smallest absolute Gasteiger partial charge is 0.131 e. The number of fused-ring (bicyclic) bond motifs is 1. The first-order chi connectivity index (χ1) is 9.69. The quantitative estimate of drug-likeness (QED) is 0.560. The fourth-order valence-corrected chi connectivity index (χ4v) is 3.44. The van der Waals surface area contributed by atoms with Crippen molar-refractivity contribution in [1.82, 2.24) is 9.78 Å². The molecule has 1 aromatic heterocycles. The molecular weight excluding hydrogens is 431 g/mol. The van der Waals surface area contributed by atoms with Gasteiger partial charge in [-0.2, -0.15) is 5.10 Å². The van der Waals surface area contributed by atoms with Crippen LogP contribution >= 0.6 is 38.5 Å². The summed E-state index contributed by atoms with van der Waals surface area (Å²) >= 11 is 5.89. The zero-order valence-electron chi connectivity index (χ0n) is 10.8. The minimum atomic E-state index is 0.742. The topological polar surface area (TPSA) is 27.1 Å². The molecule has 0 fully saturated rings. The van der Waals surface area contributed by atoms with Crippen LogP contribution in [0.25, 0.3) is 10.9 Å². The molecule has 0 saturated heterocycles. The Balaban J connectivity index is 2.02. The molecule has 0 saturated carbocycles. The number of aromatic nitrogens is 2. The van der Waals surface area contributed by atoms with Gasteiger partial charge in [-0.25, -0.2) is 0 Å². The van der Waals surface area contributed by atoms with Crippen molar-refractivity contribution in [3.05, 3.63) is 56.2 Å². The third-order valence-corrected chi connectivity index (χ3v) is 4.60.